The van der Waals surface area contributed by atoms with Crippen LogP contribution in [0.1, 0.15) is 51.1 Å². The number of phenols is 1. The number of hydrogen-bond donors (Lipinski definition) is 2. The molecule has 1 aliphatic carbocycles. The van der Waals surface area contributed by atoms with Crippen LogP contribution in [-0.2, 0) is 6.42 Å². The molecule has 4 aliphatic heterocycles. The molecule has 52 heavy (non-hydrogen) atoms. The molecule has 0 amide bonds. The van der Waals surface area contributed by atoms with Crippen molar-refractivity contribution in [1.29, 1.82) is 0 Å². The van der Waals surface area contributed by atoms with Crippen molar-refractivity contribution in [2.45, 2.75) is 81.8 Å². The smallest absolute Gasteiger partial charge is 0.508 e. The molecule has 6 heterocycles. The quantitative estimate of drug-likeness (QED) is 0.206. The maximum absolute atomic E-state index is 17.2. The number of aromatic hydroxyl groups is 1. The van der Waals surface area contributed by atoms with E-state index in [1.54, 1.807) is 0 Å². The molecular weight excluding hydrogens is 697 g/mol. The summed E-state index contributed by atoms with van der Waals surface area (Å²) in [5.41, 5.74) is -2.36. The number of nitrogens with one attached hydrogen (secondary N) is 1. The predicted molar refractivity (Wildman–Crippen MR) is 176 cm³/mol. The average Bonchev–Trinajstić information content (AvgIpc) is 3.29. The Kier molecular flexibility index (Phi) is 7.38. The average molecular weight is 733 g/mol. The minimum Gasteiger partial charge on any atom is -0.508 e. The molecule has 276 valence electrons. The molecule has 4 aromatic rings. The molecule has 9 rings (SSSR count). The zero-order valence-corrected chi connectivity index (χ0v) is 28.1. The minimum absolute atomic E-state index is 0.0133. The number of alkyl halides is 5. The molecule has 1 saturated carbocycles. The Hall–Kier alpha value is -4.18. The van der Waals surface area contributed by atoms with E-state index < -0.39 is 57.5 Å². The van der Waals surface area contributed by atoms with Crippen molar-refractivity contribution in [2.24, 2.45) is 5.41 Å². The van der Waals surface area contributed by atoms with Crippen LogP contribution >= 0.6 is 0 Å². The number of halogens is 7. The van der Waals surface area contributed by atoms with Gasteiger partial charge < -0.3 is 24.8 Å². The zero-order valence-electron chi connectivity index (χ0n) is 28.1. The third kappa shape index (κ3) is 5.22. The lowest BCUT2D eigenvalue weighted by Gasteiger charge is -2.40. The molecule has 4 fully saturated rings. The molecule has 2 aromatic carbocycles. The highest BCUT2D eigenvalue weighted by atomic mass is 19.4. The fourth-order valence-electron chi connectivity index (χ4n) is 9.24. The van der Waals surface area contributed by atoms with Crippen molar-refractivity contribution >= 4 is 27.5 Å². The van der Waals surface area contributed by atoms with Gasteiger partial charge in [-0.05, 0) is 68.7 Å². The lowest BCUT2D eigenvalue weighted by molar-refractivity contribution is -0.275. The molecule has 9 nitrogen and oxygen atoms in total. The number of benzene rings is 2. The molecule has 2 N–H and O–H groups in total. The molecule has 3 saturated heterocycles. The number of fused-ring (bicyclic) bond motifs is 4. The summed E-state index contributed by atoms with van der Waals surface area (Å²) < 4.78 is 112. The van der Waals surface area contributed by atoms with Gasteiger partial charge in [-0.3, -0.25) is 4.90 Å². The number of anilines is 1. The fraction of sp³-hybridized carbons (Fsp3) is 0.528. The third-order valence-electron chi connectivity index (χ3n) is 11.9. The van der Waals surface area contributed by atoms with E-state index in [0.717, 1.165) is 37.1 Å². The molecule has 0 bridgehead atoms. The van der Waals surface area contributed by atoms with Crippen molar-refractivity contribution in [3.63, 3.8) is 0 Å². The van der Waals surface area contributed by atoms with Crippen molar-refractivity contribution < 1.29 is 45.3 Å². The first-order chi connectivity index (χ1) is 24.7. The van der Waals surface area contributed by atoms with Gasteiger partial charge in [0.25, 0.3) is 5.92 Å². The fourth-order valence-corrected chi connectivity index (χ4v) is 9.24. The Bertz CT molecular complexity index is 2130. The molecular formula is C36H35F7N6O3. The molecule has 4 atom stereocenters. The largest absolute Gasteiger partial charge is 0.573 e. The van der Waals surface area contributed by atoms with E-state index in [9.17, 15) is 27.1 Å². The summed E-state index contributed by atoms with van der Waals surface area (Å²) in [6, 6.07) is 3.91. The summed E-state index contributed by atoms with van der Waals surface area (Å²) in [6.45, 7) is 4.15. The van der Waals surface area contributed by atoms with Gasteiger partial charge in [-0.1, -0.05) is 13.0 Å². The van der Waals surface area contributed by atoms with Gasteiger partial charge in [0.15, 0.2) is 17.4 Å². The van der Waals surface area contributed by atoms with E-state index in [2.05, 4.69) is 29.8 Å². The van der Waals surface area contributed by atoms with Crippen molar-refractivity contribution in [3.05, 3.63) is 41.6 Å². The van der Waals surface area contributed by atoms with E-state index in [0.29, 0.717) is 55.8 Å². The third-order valence-corrected chi connectivity index (χ3v) is 11.9. The monoisotopic (exact) mass is 732 g/mol. The number of phenolic OH excluding ortho intramolecular Hbond substituents is 1. The van der Waals surface area contributed by atoms with Crippen LogP contribution in [0.5, 0.6) is 17.5 Å². The van der Waals surface area contributed by atoms with Crippen LogP contribution in [0.3, 0.4) is 0 Å². The molecule has 0 radical (unpaired) electrons. The molecule has 2 aromatic heterocycles. The second-order valence-corrected chi connectivity index (χ2v) is 15.0. The number of pyridine rings is 1. The summed E-state index contributed by atoms with van der Waals surface area (Å²) in [6.07, 6.45) is -2.00. The SMILES string of the molecule is CC[C@@H]1CN2c3nc(OC[C@@]45CCCN4C[C@@]4(CC4(F)F)C5)nc4c(F)c(-c5cc(O)cc6ccc(F)c(OC(F)(F)F)c56)nc(c34)CC[C@@H]2CN1. The Labute approximate surface area is 293 Å². The van der Waals surface area contributed by atoms with Gasteiger partial charge in [-0.15, -0.1) is 13.2 Å². The zero-order chi connectivity index (χ0) is 36.4. The van der Waals surface area contributed by atoms with Crippen molar-refractivity contribution in [1.82, 2.24) is 25.2 Å². The van der Waals surface area contributed by atoms with Crippen LogP contribution in [0.25, 0.3) is 32.9 Å². The first-order valence-electron chi connectivity index (χ1n) is 17.6. The number of nitrogens with zero attached hydrogens (tertiary/aromatic N) is 5. The van der Waals surface area contributed by atoms with E-state index in [4.69, 9.17) is 9.72 Å². The van der Waals surface area contributed by atoms with Crippen molar-refractivity contribution in [3.8, 4) is 28.8 Å². The van der Waals surface area contributed by atoms with Crippen molar-refractivity contribution in [2.75, 3.05) is 37.7 Å². The maximum atomic E-state index is 17.2. The predicted octanol–water partition coefficient (Wildman–Crippen LogP) is 6.87. The van der Waals surface area contributed by atoms with Crippen LogP contribution in [0, 0.1) is 17.0 Å². The van der Waals surface area contributed by atoms with E-state index in [1.165, 1.54) is 0 Å². The van der Waals surface area contributed by atoms with Crippen LogP contribution in [0.2, 0.25) is 0 Å². The summed E-state index contributed by atoms with van der Waals surface area (Å²) in [5.74, 6) is -6.34. The summed E-state index contributed by atoms with van der Waals surface area (Å²) in [7, 11) is 0. The normalized spacial score (nSPS) is 28.0. The Balaban J connectivity index is 1.21. The van der Waals surface area contributed by atoms with Gasteiger partial charge in [-0.2, -0.15) is 9.97 Å². The molecule has 0 unspecified atom stereocenters. The number of hydrogen-bond acceptors (Lipinski definition) is 9. The summed E-state index contributed by atoms with van der Waals surface area (Å²) in [5, 5.41) is 14.0. The van der Waals surface area contributed by atoms with E-state index >= 15 is 8.78 Å². The van der Waals surface area contributed by atoms with Gasteiger partial charge in [0.2, 0.25) is 0 Å². The number of ether oxygens (including phenoxy) is 2. The Morgan fingerprint density at radius 1 is 1.08 bits per heavy atom. The standard InChI is InChI=1S/C36H35F7N6O3/c1-2-19-13-49-20(12-44-19)5-7-24-26-29(46-32(47-31(26)49)51-17-34-8-3-9-48(34)16-33(14-34)15-35(33,39)40)27(38)28(45-24)22-11-21(50)10-18-4-6-23(37)30(25(18)22)52-36(41,42)43/h4,6,10-11,19-20,44,50H,2-3,5,7-9,12-17H2,1H3/t19-,20-,33+,34+/m1/s1. The minimum atomic E-state index is -5.28. The number of aromatic nitrogens is 3. The second kappa shape index (κ2) is 11.4. The van der Waals surface area contributed by atoms with Gasteiger partial charge in [0, 0.05) is 49.1 Å². The molecule has 1 spiro atoms. The number of aryl methyl sites for hydroxylation is 1. The number of piperazine rings is 1. The van der Waals surface area contributed by atoms with Gasteiger partial charge >= 0.3 is 12.4 Å². The lowest BCUT2D eigenvalue weighted by Crippen LogP contribution is -2.56. The van der Waals surface area contributed by atoms with Crippen LogP contribution in [0.4, 0.5) is 36.6 Å². The lowest BCUT2D eigenvalue weighted by atomic mass is 9.89. The molecule has 5 aliphatic rings. The highest BCUT2D eigenvalue weighted by Gasteiger charge is 2.77. The van der Waals surface area contributed by atoms with Crippen LogP contribution < -0.4 is 19.7 Å². The maximum Gasteiger partial charge on any atom is 0.573 e. The first kappa shape index (κ1) is 33.6. The van der Waals surface area contributed by atoms with Crippen LogP contribution in [0.15, 0.2) is 24.3 Å². The summed E-state index contributed by atoms with van der Waals surface area (Å²) in [4.78, 5) is 18.2. The van der Waals surface area contributed by atoms with Crippen LogP contribution in [-0.4, -0.2) is 87.7 Å². The van der Waals surface area contributed by atoms with E-state index in [-0.39, 0.29) is 60.6 Å². The topological polar surface area (TPSA) is 95.9 Å². The Morgan fingerprint density at radius 2 is 1.88 bits per heavy atom. The number of rotatable bonds is 6. The highest BCUT2D eigenvalue weighted by molar-refractivity contribution is 6.04. The Morgan fingerprint density at radius 3 is 2.63 bits per heavy atom. The first-order valence-corrected chi connectivity index (χ1v) is 17.6. The molecule has 16 heteroatoms. The van der Waals surface area contributed by atoms with Gasteiger partial charge in [0.05, 0.1) is 22.0 Å². The van der Waals surface area contributed by atoms with Gasteiger partial charge in [0.1, 0.15) is 29.4 Å². The second-order valence-electron chi connectivity index (χ2n) is 15.0. The van der Waals surface area contributed by atoms with Gasteiger partial charge in [-0.25, -0.2) is 22.5 Å². The highest BCUT2D eigenvalue weighted by Crippen LogP contribution is 2.69. The van der Waals surface area contributed by atoms with E-state index in [1.807, 2.05) is 6.92 Å². The summed E-state index contributed by atoms with van der Waals surface area (Å²) >= 11 is 0.